The molecular weight excluding hydrogens is 410 g/mol. The van der Waals surface area contributed by atoms with Gasteiger partial charge in [0, 0.05) is 30.8 Å². The molecule has 1 aromatic heterocycles. The van der Waals surface area contributed by atoms with E-state index in [0.29, 0.717) is 28.8 Å². The summed E-state index contributed by atoms with van der Waals surface area (Å²) < 4.78 is 25.7. The zero-order chi connectivity index (χ0) is 21.4. The minimum absolute atomic E-state index is 0.0905. The van der Waals surface area contributed by atoms with Gasteiger partial charge in [0.15, 0.2) is 12.6 Å². The first-order valence-electron chi connectivity index (χ1n) is 9.96. The van der Waals surface area contributed by atoms with E-state index in [1.807, 2.05) is 35.0 Å². The zero-order valence-electron chi connectivity index (χ0n) is 17.2. The highest BCUT2D eigenvalue weighted by atomic mass is 35.5. The van der Waals surface area contributed by atoms with E-state index in [9.17, 15) is 5.02 Å². The SMILES string of the molecule is COCOc1cc(Cl)ccc1-c1ccc(N(C)[C@@H]2C3CC([C@@H]2F)N(B(C)O)C3)nn1. The number of methoxy groups -OCH3 is 1. The maximum absolute atomic E-state index is 15.1. The molecule has 1 aliphatic carbocycles. The Kier molecular flexibility index (Phi) is 6.15. The highest BCUT2D eigenvalue weighted by Crippen LogP contribution is 2.43. The van der Waals surface area contributed by atoms with Gasteiger partial charge in [0.2, 0.25) is 0 Å². The lowest BCUT2D eigenvalue weighted by Crippen LogP contribution is -2.56. The van der Waals surface area contributed by atoms with Crippen molar-refractivity contribution >= 4 is 24.5 Å². The van der Waals surface area contributed by atoms with E-state index < -0.39 is 13.2 Å². The molecule has 0 amide bonds. The predicted octanol–water partition coefficient (Wildman–Crippen LogP) is 2.74. The van der Waals surface area contributed by atoms with Gasteiger partial charge in [-0.1, -0.05) is 11.6 Å². The van der Waals surface area contributed by atoms with E-state index >= 15 is 4.39 Å². The molecule has 10 heteroatoms. The van der Waals surface area contributed by atoms with E-state index in [1.54, 1.807) is 26.1 Å². The van der Waals surface area contributed by atoms with Gasteiger partial charge in [-0.05, 0) is 56.0 Å². The Morgan fingerprint density at radius 1 is 1.33 bits per heavy atom. The van der Waals surface area contributed by atoms with Crippen molar-refractivity contribution in [2.45, 2.75) is 31.5 Å². The largest absolute Gasteiger partial charge is 0.467 e. The smallest absolute Gasteiger partial charge is 0.376 e. The number of rotatable bonds is 7. The van der Waals surface area contributed by atoms with Gasteiger partial charge in [-0.25, -0.2) is 4.39 Å². The van der Waals surface area contributed by atoms with Gasteiger partial charge in [-0.3, -0.25) is 0 Å². The van der Waals surface area contributed by atoms with Crippen LogP contribution in [-0.2, 0) is 4.74 Å². The van der Waals surface area contributed by atoms with Crippen LogP contribution in [0, 0.1) is 5.92 Å². The van der Waals surface area contributed by atoms with Crippen LogP contribution in [-0.4, -0.2) is 72.8 Å². The summed E-state index contributed by atoms with van der Waals surface area (Å²) in [6.45, 7) is 2.47. The summed E-state index contributed by atoms with van der Waals surface area (Å²) in [6.07, 6.45) is -0.299. The second-order valence-corrected chi connectivity index (χ2v) is 8.34. The fourth-order valence-corrected chi connectivity index (χ4v) is 4.86. The molecule has 0 spiro atoms. The van der Waals surface area contributed by atoms with Crippen molar-refractivity contribution in [1.29, 1.82) is 0 Å². The van der Waals surface area contributed by atoms with Crippen molar-refractivity contribution in [3.05, 3.63) is 35.4 Å². The van der Waals surface area contributed by atoms with E-state index in [-0.39, 0.29) is 24.8 Å². The third kappa shape index (κ3) is 3.87. The minimum atomic E-state index is -1.05. The number of aromatic nitrogens is 2. The van der Waals surface area contributed by atoms with Crippen molar-refractivity contribution in [2.24, 2.45) is 5.92 Å². The molecule has 2 aromatic rings. The lowest BCUT2D eigenvalue weighted by molar-refractivity contribution is 0.0515. The number of ether oxygens (including phenoxy) is 2. The molecule has 1 saturated heterocycles. The molecule has 1 N–H and O–H groups in total. The molecule has 2 fully saturated rings. The van der Waals surface area contributed by atoms with Crippen molar-refractivity contribution in [3.63, 3.8) is 0 Å². The summed E-state index contributed by atoms with van der Waals surface area (Å²) >= 11 is 6.08. The fourth-order valence-electron chi connectivity index (χ4n) is 4.69. The van der Waals surface area contributed by atoms with Crippen LogP contribution in [0.5, 0.6) is 5.75 Å². The molecular formula is C20H25BClFN4O3. The van der Waals surface area contributed by atoms with Gasteiger partial charge in [0.1, 0.15) is 11.9 Å². The Morgan fingerprint density at radius 3 is 2.77 bits per heavy atom. The van der Waals surface area contributed by atoms with Crippen LogP contribution in [0.4, 0.5) is 10.2 Å². The van der Waals surface area contributed by atoms with Crippen LogP contribution >= 0.6 is 11.6 Å². The Labute approximate surface area is 180 Å². The van der Waals surface area contributed by atoms with E-state index in [0.717, 1.165) is 12.0 Å². The van der Waals surface area contributed by atoms with Crippen molar-refractivity contribution in [2.75, 3.05) is 32.4 Å². The van der Waals surface area contributed by atoms with Gasteiger partial charge < -0.3 is 24.2 Å². The Morgan fingerprint density at radius 2 is 2.13 bits per heavy atom. The molecule has 30 heavy (non-hydrogen) atoms. The van der Waals surface area contributed by atoms with Crippen LogP contribution in [0.1, 0.15) is 6.42 Å². The Balaban J connectivity index is 1.52. The lowest BCUT2D eigenvalue weighted by atomic mass is 9.81. The molecule has 2 heterocycles. The standard InChI is InChI=1S/C20H25BClFN4O3/c1-21(28)27-10-12-8-16(27)19(23)20(12)26(2)18-7-6-15(24-25-18)14-5-4-13(22)9-17(14)30-11-29-3/h4-7,9,12,16,19-20,28H,8,10-11H2,1-3H3/t12?,16?,19-,20+/m0/s1. The van der Waals surface area contributed by atoms with Crippen LogP contribution < -0.4 is 9.64 Å². The summed E-state index contributed by atoms with van der Waals surface area (Å²) in [7, 11) is 2.77. The number of nitrogens with zero attached hydrogens (tertiary/aromatic N) is 4. The molecule has 7 nitrogen and oxygen atoms in total. The average Bonchev–Trinajstić information content (AvgIpc) is 3.30. The van der Waals surface area contributed by atoms with E-state index in [4.69, 9.17) is 21.1 Å². The summed E-state index contributed by atoms with van der Waals surface area (Å²) in [5.74, 6) is 1.31. The van der Waals surface area contributed by atoms with Crippen molar-refractivity contribution in [1.82, 2.24) is 15.0 Å². The third-order valence-corrected chi connectivity index (χ3v) is 6.32. The van der Waals surface area contributed by atoms with Gasteiger partial charge in [-0.2, -0.15) is 0 Å². The van der Waals surface area contributed by atoms with Crippen LogP contribution in [0.2, 0.25) is 11.8 Å². The second kappa shape index (κ2) is 8.67. The first kappa shape index (κ1) is 21.3. The number of anilines is 1. The highest BCUT2D eigenvalue weighted by Gasteiger charge is 2.55. The van der Waals surface area contributed by atoms with Crippen molar-refractivity contribution in [3.8, 4) is 17.0 Å². The number of hydrogen-bond acceptors (Lipinski definition) is 7. The number of fused-ring (bicyclic) bond motifs is 2. The zero-order valence-corrected chi connectivity index (χ0v) is 18.0. The van der Waals surface area contributed by atoms with Crippen LogP contribution in [0.3, 0.4) is 0 Å². The van der Waals surface area contributed by atoms with Crippen LogP contribution in [0.15, 0.2) is 30.3 Å². The fraction of sp³-hybridized carbons (Fsp3) is 0.500. The summed E-state index contributed by atoms with van der Waals surface area (Å²) in [5, 5.41) is 19.1. The minimum Gasteiger partial charge on any atom is -0.467 e. The number of hydrogen-bond donors (Lipinski definition) is 1. The maximum Gasteiger partial charge on any atom is 0.376 e. The van der Waals surface area contributed by atoms with Crippen LogP contribution in [0.25, 0.3) is 11.3 Å². The first-order valence-corrected chi connectivity index (χ1v) is 10.3. The molecule has 1 saturated carbocycles. The molecule has 0 radical (unpaired) electrons. The number of benzene rings is 1. The maximum atomic E-state index is 15.1. The predicted molar refractivity (Wildman–Crippen MR) is 115 cm³/mol. The Hall–Kier alpha value is -1.94. The van der Waals surface area contributed by atoms with Gasteiger partial charge in [-0.15, -0.1) is 10.2 Å². The average molecular weight is 435 g/mol. The normalized spacial score (nSPS) is 25.5. The second-order valence-electron chi connectivity index (χ2n) is 7.91. The van der Waals surface area contributed by atoms with Gasteiger partial charge in [0.05, 0.1) is 11.7 Å². The van der Waals surface area contributed by atoms with Crippen molar-refractivity contribution < 1.29 is 18.9 Å². The number of halogens is 2. The molecule has 1 aromatic carbocycles. The third-order valence-electron chi connectivity index (χ3n) is 6.08. The topological polar surface area (TPSA) is 71.0 Å². The molecule has 2 unspecified atom stereocenters. The number of piperidine rings is 1. The Bertz CT molecular complexity index is 889. The van der Waals surface area contributed by atoms with Gasteiger partial charge in [0.25, 0.3) is 0 Å². The molecule has 4 rings (SSSR count). The quantitative estimate of drug-likeness (QED) is 0.531. The lowest BCUT2D eigenvalue weighted by Gasteiger charge is -2.39. The molecule has 160 valence electrons. The monoisotopic (exact) mass is 434 g/mol. The molecule has 1 aliphatic heterocycles. The highest BCUT2D eigenvalue weighted by molar-refractivity contribution is 6.45. The molecule has 2 aliphatic rings. The first-order chi connectivity index (χ1) is 14.4. The summed E-state index contributed by atoms with van der Waals surface area (Å²) in [5.41, 5.74) is 1.37. The van der Waals surface area contributed by atoms with Gasteiger partial charge >= 0.3 is 7.05 Å². The van der Waals surface area contributed by atoms with E-state index in [2.05, 4.69) is 10.2 Å². The summed E-state index contributed by atoms with van der Waals surface area (Å²) in [4.78, 5) is 3.71. The van der Waals surface area contributed by atoms with E-state index in [1.165, 1.54) is 0 Å². The molecule has 4 atom stereocenters. The number of alkyl halides is 1. The summed E-state index contributed by atoms with van der Waals surface area (Å²) in [6, 6.07) is 8.43. The molecule has 2 bridgehead atoms.